The van der Waals surface area contributed by atoms with E-state index in [1.54, 1.807) is 4.40 Å². The number of rotatable bonds is 2. The Labute approximate surface area is 175 Å². The second-order valence-corrected chi connectivity index (χ2v) is 7.65. The summed E-state index contributed by atoms with van der Waals surface area (Å²) in [7, 11) is 0. The number of benzene rings is 4. The van der Waals surface area contributed by atoms with Gasteiger partial charge >= 0.3 is 0 Å². The van der Waals surface area contributed by atoms with Gasteiger partial charge in [-0.3, -0.25) is 19.4 Å². The quantitative estimate of drug-likeness (QED) is 0.447. The van der Waals surface area contributed by atoms with E-state index in [9.17, 15) is 9.59 Å². The monoisotopic (exact) mass is 404 g/mol. The van der Waals surface area contributed by atoms with Crippen LogP contribution in [0.25, 0.3) is 38.2 Å². The van der Waals surface area contributed by atoms with Crippen LogP contribution in [-0.4, -0.2) is 9.38 Å². The van der Waals surface area contributed by atoms with Crippen LogP contribution in [-0.2, 0) is 0 Å². The van der Waals surface area contributed by atoms with Crippen LogP contribution in [0.4, 0.5) is 5.69 Å². The molecule has 0 amide bonds. The van der Waals surface area contributed by atoms with Crippen LogP contribution in [0.2, 0.25) is 0 Å². The van der Waals surface area contributed by atoms with Crippen molar-refractivity contribution in [1.82, 2.24) is 9.38 Å². The summed E-state index contributed by atoms with van der Waals surface area (Å²) < 4.78 is 1.59. The number of nitrogens with zero attached hydrogens (tertiary/aromatic N) is 3. The van der Waals surface area contributed by atoms with Crippen molar-refractivity contribution < 1.29 is 0 Å². The third kappa shape index (κ3) is 2.51. The first-order chi connectivity index (χ1) is 15.1. The summed E-state index contributed by atoms with van der Waals surface area (Å²) in [5.74, 6) is 0. The molecule has 0 radical (unpaired) electrons. The van der Waals surface area contributed by atoms with Gasteiger partial charge in [0.1, 0.15) is 11.0 Å². The molecule has 0 unspecified atom stereocenters. The maximum atomic E-state index is 13.4. The molecule has 2 aromatic heterocycles. The van der Waals surface area contributed by atoms with Gasteiger partial charge in [-0.2, -0.15) is 5.10 Å². The molecule has 0 aliphatic rings. The number of fused-ring (bicyclic) bond motifs is 4. The van der Waals surface area contributed by atoms with Crippen molar-refractivity contribution in [1.29, 1.82) is 0 Å². The Kier molecular flexibility index (Phi) is 3.58. The van der Waals surface area contributed by atoms with Crippen molar-refractivity contribution in [3.8, 4) is 0 Å². The number of hydrogen-bond acceptors (Lipinski definition) is 5. The van der Waals surface area contributed by atoms with Gasteiger partial charge in [0.2, 0.25) is 5.43 Å². The molecule has 6 rings (SSSR count). The van der Waals surface area contributed by atoms with Crippen molar-refractivity contribution in [2.24, 2.45) is 5.10 Å². The average molecular weight is 404 g/mol. The van der Waals surface area contributed by atoms with Gasteiger partial charge in [-0.15, -0.1) is 0 Å². The lowest BCUT2D eigenvalue weighted by Gasteiger charge is -2.07. The van der Waals surface area contributed by atoms with E-state index in [0.717, 1.165) is 27.7 Å². The van der Waals surface area contributed by atoms with Gasteiger partial charge in [-0.05, 0) is 31.2 Å². The van der Waals surface area contributed by atoms with Crippen LogP contribution in [0.15, 0.2) is 87.5 Å². The van der Waals surface area contributed by atoms with E-state index < -0.39 is 0 Å². The molecule has 31 heavy (non-hydrogen) atoms. The summed E-state index contributed by atoms with van der Waals surface area (Å²) in [5, 5.41) is 7.20. The third-order valence-corrected chi connectivity index (χ3v) is 5.68. The summed E-state index contributed by atoms with van der Waals surface area (Å²) in [4.78, 5) is 31.1. The molecule has 2 heterocycles. The number of pyridine rings is 1. The summed E-state index contributed by atoms with van der Waals surface area (Å²) in [6.07, 6.45) is 0. The Morgan fingerprint density at radius 2 is 1.65 bits per heavy atom. The van der Waals surface area contributed by atoms with Crippen molar-refractivity contribution in [2.45, 2.75) is 6.92 Å². The normalized spacial score (nSPS) is 12.5. The van der Waals surface area contributed by atoms with E-state index in [2.05, 4.69) is 10.5 Å². The molecule has 0 spiro atoms. The molecule has 148 valence electrons. The lowest BCUT2D eigenvalue weighted by molar-refractivity contribution is 1.18. The molecule has 1 N–H and O–H groups in total. The van der Waals surface area contributed by atoms with Crippen LogP contribution < -0.4 is 21.8 Å². The Hall–Kier alpha value is -4.32. The number of nitrogens with one attached hydrogen (secondary N) is 1. The smallest absolute Gasteiger partial charge is 0.264 e. The number of imidazole rings is 1. The minimum atomic E-state index is -0.305. The zero-order valence-corrected chi connectivity index (χ0v) is 16.6. The first-order valence-electron chi connectivity index (χ1n) is 9.94. The molecule has 0 bridgehead atoms. The predicted molar refractivity (Wildman–Crippen MR) is 123 cm³/mol. The van der Waals surface area contributed by atoms with Gasteiger partial charge in [-0.1, -0.05) is 48.0 Å². The molecule has 0 fully saturated rings. The van der Waals surface area contributed by atoms with Gasteiger partial charge < -0.3 is 0 Å². The van der Waals surface area contributed by atoms with Crippen LogP contribution in [0.3, 0.4) is 0 Å². The second-order valence-electron chi connectivity index (χ2n) is 7.65. The second kappa shape index (κ2) is 6.34. The molecule has 6 aromatic rings. The first-order valence-corrected chi connectivity index (χ1v) is 9.94. The van der Waals surface area contributed by atoms with Crippen LogP contribution in [0.5, 0.6) is 0 Å². The van der Waals surface area contributed by atoms with E-state index in [4.69, 9.17) is 4.98 Å². The molecule has 0 saturated heterocycles. The van der Waals surface area contributed by atoms with Gasteiger partial charge in [0.25, 0.3) is 5.56 Å². The fourth-order valence-electron chi connectivity index (χ4n) is 4.20. The summed E-state index contributed by atoms with van der Waals surface area (Å²) >= 11 is 0. The van der Waals surface area contributed by atoms with E-state index in [1.165, 1.54) is 6.07 Å². The Bertz CT molecular complexity index is 1810. The third-order valence-electron chi connectivity index (χ3n) is 5.68. The zero-order chi connectivity index (χ0) is 21.1. The Morgan fingerprint density at radius 3 is 2.48 bits per heavy atom. The maximum Gasteiger partial charge on any atom is 0.264 e. The van der Waals surface area contributed by atoms with E-state index in [-0.39, 0.29) is 16.3 Å². The number of hydrogen-bond donors (Lipinski definition) is 1. The molecule has 0 atom stereocenters. The highest BCUT2D eigenvalue weighted by molar-refractivity contribution is 6.15. The highest BCUT2D eigenvalue weighted by Crippen LogP contribution is 2.27. The molecule has 0 saturated carbocycles. The van der Waals surface area contributed by atoms with Gasteiger partial charge in [-0.25, -0.2) is 4.98 Å². The molecular formula is C25H16N4O2. The lowest BCUT2D eigenvalue weighted by Crippen LogP contribution is -2.28. The fraction of sp³-hybridized carbons (Fsp3) is 0.0400. The van der Waals surface area contributed by atoms with Crippen LogP contribution in [0, 0.1) is 6.92 Å². The molecule has 6 heteroatoms. The Balaban J connectivity index is 1.72. The van der Waals surface area contributed by atoms with Crippen molar-refractivity contribution in [2.75, 3.05) is 5.43 Å². The van der Waals surface area contributed by atoms with E-state index in [0.29, 0.717) is 21.8 Å². The van der Waals surface area contributed by atoms with Crippen LogP contribution >= 0.6 is 0 Å². The largest absolute Gasteiger partial charge is 0.287 e. The molecule has 4 aromatic carbocycles. The fourth-order valence-corrected chi connectivity index (χ4v) is 4.20. The number of aryl methyl sites for hydroxylation is 1. The van der Waals surface area contributed by atoms with E-state index in [1.807, 2.05) is 73.7 Å². The number of anilines is 1. The first kappa shape index (κ1) is 17.5. The predicted octanol–water partition coefficient (Wildman–Crippen LogP) is 3.63. The SMILES string of the molecule is Cc1ccc(NN=c2c(=O)cc3c(=O)n4c5ccccc5nc4c4cccc2c34)cc1. The molecular weight excluding hydrogens is 388 g/mol. The summed E-state index contributed by atoms with van der Waals surface area (Å²) in [6, 6.07) is 22.3. The number of aromatic nitrogens is 2. The van der Waals surface area contributed by atoms with Gasteiger partial charge in [0, 0.05) is 22.2 Å². The van der Waals surface area contributed by atoms with E-state index >= 15 is 0 Å². The highest BCUT2D eigenvalue weighted by atomic mass is 16.1. The molecule has 0 aliphatic heterocycles. The van der Waals surface area contributed by atoms with Crippen molar-refractivity contribution in [3.63, 3.8) is 0 Å². The minimum Gasteiger partial charge on any atom is -0.287 e. The van der Waals surface area contributed by atoms with Crippen LogP contribution in [0.1, 0.15) is 5.56 Å². The van der Waals surface area contributed by atoms with Crippen molar-refractivity contribution >= 4 is 43.9 Å². The minimum absolute atomic E-state index is 0.248. The zero-order valence-electron chi connectivity index (χ0n) is 16.6. The number of para-hydroxylation sites is 2. The highest BCUT2D eigenvalue weighted by Gasteiger charge is 2.17. The molecule has 0 aliphatic carbocycles. The maximum absolute atomic E-state index is 13.4. The van der Waals surface area contributed by atoms with Gasteiger partial charge in [0.05, 0.1) is 22.1 Å². The van der Waals surface area contributed by atoms with Crippen molar-refractivity contribution in [3.05, 3.63) is 104 Å². The average Bonchev–Trinajstić information content (AvgIpc) is 3.18. The molecule has 6 nitrogen and oxygen atoms in total. The summed E-state index contributed by atoms with van der Waals surface area (Å²) in [6.45, 7) is 2.01. The standard InChI is InChI=1S/C25H16N4O2/c1-14-9-11-15(12-10-14)27-28-23-16-5-4-6-17-22(16)18(13-21(23)30)25(31)29-20-8-3-2-7-19(20)26-24(17)29/h2-13,27H,1H3. The lowest BCUT2D eigenvalue weighted by atomic mass is 10.0. The topological polar surface area (TPSA) is 75.8 Å². The van der Waals surface area contributed by atoms with Gasteiger partial charge in [0.15, 0.2) is 0 Å². The Morgan fingerprint density at radius 1 is 0.871 bits per heavy atom. The summed E-state index contributed by atoms with van der Waals surface area (Å²) in [5.41, 5.74) is 6.38.